The molecule has 0 aromatic carbocycles. The molecule has 0 radical (unpaired) electrons. The fourth-order valence-electron chi connectivity index (χ4n) is 1.20. The molecule has 0 aliphatic carbocycles. The number of carbonyl (C=O) groups excluding carboxylic acids is 1. The van der Waals surface area contributed by atoms with Gasteiger partial charge in [-0.3, -0.25) is 4.99 Å². The van der Waals surface area contributed by atoms with E-state index >= 15 is 0 Å². The highest BCUT2D eigenvalue weighted by Crippen LogP contribution is 1.94. The highest BCUT2D eigenvalue weighted by molar-refractivity contribution is 5.72. The van der Waals surface area contributed by atoms with E-state index in [-0.39, 0.29) is 6.04 Å². The van der Waals surface area contributed by atoms with Crippen LogP contribution < -0.4 is 11.1 Å². The number of urea groups is 1. The quantitative estimate of drug-likeness (QED) is 0.593. The van der Waals surface area contributed by atoms with Gasteiger partial charge in [-0.2, -0.15) is 0 Å². The summed E-state index contributed by atoms with van der Waals surface area (Å²) in [6.45, 7) is 4.47. The summed E-state index contributed by atoms with van der Waals surface area (Å²) in [5, 5.41) is 2.61. The fraction of sp³-hybridized carbons (Fsp3) is 0.714. The molecule has 0 spiro atoms. The first-order chi connectivity index (χ1) is 5.68. The smallest absolute Gasteiger partial charge is 0.312 e. The maximum Gasteiger partial charge on any atom is 0.312 e. The molecular formula is C7H14N4O. The SMILES string of the molecule is CC(CN1C=NCC1)NC(N)=O. The highest BCUT2D eigenvalue weighted by atomic mass is 16.2. The Hall–Kier alpha value is -1.26. The molecule has 3 N–H and O–H groups in total. The summed E-state index contributed by atoms with van der Waals surface area (Å²) >= 11 is 0. The molecule has 1 rings (SSSR count). The van der Waals surface area contributed by atoms with Crippen LogP contribution in [0.25, 0.3) is 0 Å². The number of carbonyl (C=O) groups is 1. The van der Waals surface area contributed by atoms with E-state index in [1.807, 2.05) is 6.92 Å². The molecule has 2 amide bonds. The molecule has 0 fully saturated rings. The molecule has 0 bridgehead atoms. The minimum atomic E-state index is -0.473. The predicted octanol–water partition coefficient (Wildman–Crippen LogP) is -0.613. The molecule has 0 aromatic rings. The van der Waals surface area contributed by atoms with Gasteiger partial charge in [0.25, 0.3) is 0 Å². The third kappa shape index (κ3) is 2.77. The van der Waals surface area contributed by atoms with E-state index in [2.05, 4.69) is 15.2 Å². The highest BCUT2D eigenvalue weighted by Gasteiger charge is 2.10. The van der Waals surface area contributed by atoms with Gasteiger partial charge in [0.1, 0.15) is 0 Å². The molecule has 1 unspecified atom stereocenters. The molecule has 68 valence electrons. The number of rotatable bonds is 3. The van der Waals surface area contributed by atoms with Crippen molar-refractivity contribution in [3.63, 3.8) is 0 Å². The molecular weight excluding hydrogens is 156 g/mol. The number of hydrogen-bond acceptors (Lipinski definition) is 3. The first-order valence-corrected chi connectivity index (χ1v) is 3.98. The van der Waals surface area contributed by atoms with Crippen molar-refractivity contribution in [2.24, 2.45) is 10.7 Å². The van der Waals surface area contributed by atoms with Gasteiger partial charge in [0.15, 0.2) is 0 Å². The van der Waals surface area contributed by atoms with Crippen molar-refractivity contribution in [2.75, 3.05) is 19.6 Å². The van der Waals surface area contributed by atoms with Crippen LogP contribution >= 0.6 is 0 Å². The fourth-order valence-corrected chi connectivity index (χ4v) is 1.20. The van der Waals surface area contributed by atoms with E-state index in [0.717, 1.165) is 19.6 Å². The topological polar surface area (TPSA) is 70.7 Å². The second kappa shape index (κ2) is 3.94. The van der Waals surface area contributed by atoms with Crippen molar-refractivity contribution in [3.8, 4) is 0 Å². The van der Waals surface area contributed by atoms with Crippen LogP contribution in [0.3, 0.4) is 0 Å². The van der Waals surface area contributed by atoms with Crippen molar-refractivity contribution in [2.45, 2.75) is 13.0 Å². The van der Waals surface area contributed by atoms with Crippen molar-refractivity contribution < 1.29 is 4.79 Å². The van der Waals surface area contributed by atoms with Gasteiger partial charge in [-0.25, -0.2) is 4.79 Å². The van der Waals surface area contributed by atoms with Crippen LogP contribution in [-0.4, -0.2) is 42.9 Å². The van der Waals surface area contributed by atoms with E-state index < -0.39 is 6.03 Å². The van der Waals surface area contributed by atoms with Crippen molar-refractivity contribution >= 4 is 12.4 Å². The monoisotopic (exact) mass is 170 g/mol. The van der Waals surface area contributed by atoms with Crippen LogP contribution in [0.2, 0.25) is 0 Å². The summed E-state index contributed by atoms with van der Waals surface area (Å²) in [5.41, 5.74) is 4.97. The number of nitrogens with two attached hydrogens (primary N) is 1. The predicted molar refractivity (Wildman–Crippen MR) is 47.1 cm³/mol. The summed E-state index contributed by atoms with van der Waals surface area (Å²) in [6.07, 6.45) is 1.80. The Kier molecular flexibility index (Phi) is 2.90. The van der Waals surface area contributed by atoms with Gasteiger partial charge in [-0.1, -0.05) is 0 Å². The van der Waals surface area contributed by atoms with E-state index in [9.17, 15) is 4.79 Å². The zero-order valence-electron chi connectivity index (χ0n) is 7.16. The molecule has 1 heterocycles. The number of amides is 2. The zero-order chi connectivity index (χ0) is 8.97. The molecule has 12 heavy (non-hydrogen) atoms. The number of nitrogens with zero attached hydrogens (tertiary/aromatic N) is 2. The van der Waals surface area contributed by atoms with Gasteiger partial charge in [-0.05, 0) is 6.92 Å². The van der Waals surface area contributed by atoms with Gasteiger partial charge < -0.3 is 16.0 Å². The maximum atomic E-state index is 10.4. The van der Waals surface area contributed by atoms with Crippen LogP contribution in [0.15, 0.2) is 4.99 Å². The first-order valence-electron chi connectivity index (χ1n) is 3.98. The summed E-state index contributed by atoms with van der Waals surface area (Å²) < 4.78 is 0. The minimum absolute atomic E-state index is 0.0760. The van der Waals surface area contributed by atoms with Crippen LogP contribution in [0.5, 0.6) is 0 Å². The van der Waals surface area contributed by atoms with Crippen LogP contribution in [0.4, 0.5) is 4.79 Å². The number of nitrogens with one attached hydrogen (secondary N) is 1. The Balaban J connectivity index is 2.20. The van der Waals surface area contributed by atoms with Gasteiger partial charge in [0.05, 0.1) is 12.9 Å². The first kappa shape index (κ1) is 8.83. The largest absolute Gasteiger partial charge is 0.359 e. The Bertz CT molecular complexity index is 192. The van der Waals surface area contributed by atoms with Gasteiger partial charge in [0, 0.05) is 19.1 Å². The lowest BCUT2D eigenvalue weighted by atomic mass is 10.3. The van der Waals surface area contributed by atoms with E-state index in [1.165, 1.54) is 0 Å². The van der Waals surface area contributed by atoms with E-state index in [0.29, 0.717) is 0 Å². The lowest BCUT2D eigenvalue weighted by molar-refractivity contribution is 0.243. The normalized spacial score (nSPS) is 17.9. The number of primary amides is 1. The lowest BCUT2D eigenvalue weighted by Crippen LogP contribution is -2.43. The summed E-state index contributed by atoms with van der Waals surface area (Å²) in [7, 11) is 0. The Morgan fingerprint density at radius 1 is 1.92 bits per heavy atom. The Labute approximate surface area is 71.6 Å². The molecule has 0 saturated carbocycles. The van der Waals surface area contributed by atoms with Crippen molar-refractivity contribution in [3.05, 3.63) is 0 Å². The summed E-state index contributed by atoms with van der Waals surface area (Å²) in [6, 6.07) is -0.398. The molecule has 1 aliphatic heterocycles. The van der Waals surface area contributed by atoms with Crippen LogP contribution in [-0.2, 0) is 0 Å². The molecule has 5 heteroatoms. The Morgan fingerprint density at radius 3 is 3.17 bits per heavy atom. The number of hydrogen-bond donors (Lipinski definition) is 2. The summed E-state index contributed by atoms with van der Waals surface area (Å²) in [5.74, 6) is 0. The van der Waals surface area contributed by atoms with Crippen LogP contribution in [0.1, 0.15) is 6.92 Å². The molecule has 5 nitrogen and oxygen atoms in total. The third-order valence-corrected chi connectivity index (χ3v) is 1.66. The Morgan fingerprint density at radius 2 is 2.67 bits per heavy atom. The second-order valence-electron chi connectivity index (χ2n) is 2.93. The van der Waals surface area contributed by atoms with Crippen LogP contribution in [0, 0.1) is 0 Å². The molecule has 1 aliphatic rings. The second-order valence-corrected chi connectivity index (χ2v) is 2.93. The van der Waals surface area contributed by atoms with E-state index in [4.69, 9.17) is 5.73 Å². The lowest BCUT2D eigenvalue weighted by Gasteiger charge is -2.19. The van der Waals surface area contributed by atoms with Gasteiger partial charge >= 0.3 is 6.03 Å². The van der Waals surface area contributed by atoms with Gasteiger partial charge in [0.2, 0.25) is 0 Å². The van der Waals surface area contributed by atoms with Crippen molar-refractivity contribution in [1.82, 2.24) is 10.2 Å². The van der Waals surface area contributed by atoms with Crippen molar-refractivity contribution in [1.29, 1.82) is 0 Å². The molecule has 0 saturated heterocycles. The maximum absolute atomic E-state index is 10.4. The van der Waals surface area contributed by atoms with Gasteiger partial charge in [-0.15, -0.1) is 0 Å². The number of aliphatic imine (C=N–C) groups is 1. The zero-order valence-corrected chi connectivity index (χ0v) is 7.16. The standard InChI is InChI=1S/C7H14N4O/c1-6(10-7(8)12)4-11-3-2-9-5-11/h5-6H,2-4H2,1H3,(H3,8,10,12). The third-order valence-electron chi connectivity index (χ3n) is 1.66. The average Bonchev–Trinajstić information content (AvgIpc) is 2.37. The van der Waals surface area contributed by atoms with E-state index in [1.54, 1.807) is 6.34 Å². The minimum Gasteiger partial charge on any atom is -0.359 e. The molecule has 1 atom stereocenters. The summed E-state index contributed by atoms with van der Waals surface area (Å²) in [4.78, 5) is 16.6. The molecule has 0 aromatic heterocycles. The average molecular weight is 170 g/mol.